The van der Waals surface area contributed by atoms with E-state index in [2.05, 4.69) is 15.9 Å². The second kappa shape index (κ2) is 7.65. The molecule has 6 rings (SSSR count). The molecule has 6 nitrogen and oxygen atoms in total. The summed E-state index contributed by atoms with van der Waals surface area (Å²) in [4.78, 5) is 55.8. The summed E-state index contributed by atoms with van der Waals surface area (Å²) in [6.45, 7) is 0. The number of carbonyl (C=O) groups excluding carboxylic acids is 4. The fourth-order valence-corrected chi connectivity index (χ4v) is 5.79. The zero-order valence-corrected chi connectivity index (χ0v) is 20.0. The van der Waals surface area contributed by atoms with E-state index < -0.39 is 52.7 Å². The number of ketones is 2. The second-order valence-corrected chi connectivity index (χ2v) is 9.97. The van der Waals surface area contributed by atoms with E-state index in [0.717, 1.165) is 15.4 Å². The van der Waals surface area contributed by atoms with Gasteiger partial charge in [-0.2, -0.15) is 0 Å². The molecule has 0 saturated carbocycles. The average Bonchev–Trinajstić information content (AvgIpc) is 3.41. The lowest BCUT2D eigenvalue weighted by Crippen LogP contribution is -2.51. The normalized spacial score (nSPS) is 24.4. The monoisotopic (exact) mass is 553 g/mol. The van der Waals surface area contributed by atoms with Gasteiger partial charge in [-0.25, -0.2) is 9.29 Å². The van der Waals surface area contributed by atoms with E-state index in [1.165, 1.54) is 24.3 Å². The van der Waals surface area contributed by atoms with Crippen LogP contribution in [0.15, 0.2) is 71.2 Å². The summed E-state index contributed by atoms with van der Waals surface area (Å²) < 4.78 is 20.8. The molecule has 9 heteroatoms. The van der Waals surface area contributed by atoms with Crippen molar-refractivity contribution in [2.45, 2.75) is 11.7 Å². The van der Waals surface area contributed by atoms with Gasteiger partial charge in [-0.1, -0.05) is 63.9 Å². The van der Waals surface area contributed by atoms with Crippen LogP contribution in [0, 0.1) is 17.7 Å². The minimum atomic E-state index is -2.17. The first kappa shape index (κ1) is 22.3. The molecule has 35 heavy (non-hydrogen) atoms. The molecule has 3 atom stereocenters. The second-order valence-electron chi connectivity index (χ2n) is 8.64. The SMILES string of the molecule is O=C1[C@@H]2[C@@H](c3ccc(Br)cc3)OC3(C(=O)c4ccccc4C3=O)[C@@H]2C(=O)N1c1ccc(F)c(Cl)c1. The summed E-state index contributed by atoms with van der Waals surface area (Å²) >= 11 is 9.28. The Hall–Kier alpha value is -3.20. The van der Waals surface area contributed by atoms with Crippen molar-refractivity contribution in [2.75, 3.05) is 4.90 Å². The van der Waals surface area contributed by atoms with Crippen molar-refractivity contribution < 1.29 is 28.3 Å². The van der Waals surface area contributed by atoms with Gasteiger partial charge in [-0.3, -0.25) is 19.2 Å². The number of Topliss-reactive ketones (excluding diaryl/α,β-unsaturated/α-hetero) is 2. The number of ether oxygens (including phenoxy) is 1. The molecule has 1 spiro atoms. The molecular weight excluding hydrogens is 541 g/mol. The Kier molecular flexibility index (Phi) is 4.87. The van der Waals surface area contributed by atoms with Gasteiger partial charge in [0.1, 0.15) is 5.82 Å². The van der Waals surface area contributed by atoms with Crippen molar-refractivity contribution in [3.8, 4) is 0 Å². The number of hydrogen-bond acceptors (Lipinski definition) is 5. The smallest absolute Gasteiger partial charge is 0.241 e. The van der Waals surface area contributed by atoms with Crippen LogP contribution in [0.2, 0.25) is 5.02 Å². The molecule has 3 aliphatic rings. The van der Waals surface area contributed by atoms with Gasteiger partial charge in [0.15, 0.2) is 0 Å². The Bertz CT molecular complexity index is 1440. The predicted molar refractivity (Wildman–Crippen MR) is 127 cm³/mol. The minimum absolute atomic E-state index is 0.0564. The molecule has 2 heterocycles. The van der Waals surface area contributed by atoms with Gasteiger partial charge in [0.2, 0.25) is 29.0 Å². The fourth-order valence-electron chi connectivity index (χ4n) is 5.35. The molecule has 0 aromatic heterocycles. The molecule has 174 valence electrons. The molecule has 1 aliphatic carbocycles. The molecule has 2 aliphatic heterocycles. The Morgan fingerprint density at radius 3 is 2.11 bits per heavy atom. The van der Waals surface area contributed by atoms with Gasteiger partial charge in [0.05, 0.1) is 28.6 Å². The average molecular weight is 555 g/mol. The van der Waals surface area contributed by atoms with Gasteiger partial charge >= 0.3 is 0 Å². The number of fused-ring (bicyclic) bond motifs is 3. The third-order valence-corrected chi connectivity index (χ3v) is 7.70. The summed E-state index contributed by atoms with van der Waals surface area (Å²) in [5.41, 5.74) is -1.28. The molecule has 2 amide bonds. The van der Waals surface area contributed by atoms with E-state index in [1.54, 1.807) is 36.4 Å². The number of rotatable bonds is 2. The van der Waals surface area contributed by atoms with Crippen LogP contribution in [0.25, 0.3) is 0 Å². The Balaban J connectivity index is 1.54. The molecular formula is C26H14BrClFNO5. The van der Waals surface area contributed by atoms with Gasteiger partial charge in [0.25, 0.3) is 0 Å². The first-order valence-corrected chi connectivity index (χ1v) is 11.9. The van der Waals surface area contributed by atoms with E-state index in [9.17, 15) is 23.6 Å². The minimum Gasteiger partial charge on any atom is -0.349 e. The molecule has 0 radical (unpaired) electrons. The van der Waals surface area contributed by atoms with Gasteiger partial charge < -0.3 is 4.74 Å². The van der Waals surface area contributed by atoms with Crippen molar-refractivity contribution in [3.63, 3.8) is 0 Å². The highest BCUT2D eigenvalue weighted by Gasteiger charge is 2.74. The summed E-state index contributed by atoms with van der Waals surface area (Å²) in [6.07, 6.45) is -1.03. The van der Waals surface area contributed by atoms with Crippen molar-refractivity contribution in [1.29, 1.82) is 0 Å². The topological polar surface area (TPSA) is 80.8 Å². The quantitative estimate of drug-likeness (QED) is 0.331. The van der Waals surface area contributed by atoms with E-state index in [1.807, 2.05) is 0 Å². The Morgan fingerprint density at radius 2 is 1.51 bits per heavy atom. The maximum atomic E-state index is 13.8. The maximum absolute atomic E-state index is 13.8. The molecule has 0 N–H and O–H groups in total. The van der Waals surface area contributed by atoms with Crippen LogP contribution in [0.4, 0.5) is 10.1 Å². The van der Waals surface area contributed by atoms with Crippen LogP contribution in [-0.2, 0) is 14.3 Å². The number of imide groups is 1. The highest BCUT2D eigenvalue weighted by Crippen LogP contribution is 2.57. The number of benzene rings is 3. The predicted octanol–water partition coefficient (Wildman–Crippen LogP) is 4.94. The number of nitrogens with zero attached hydrogens (tertiary/aromatic N) is 1. The molecule has 0 unspecified atom stereocenters. The van der Waals surface area contributed by atoms with E-state index in [-0.39, 0.29) is 21.8 Å². The summed E-state index contributed by atoms with van der Waals surface area (Å²) in [5.74, 6) is -5.95. The zero-order chi connectivity index (χ0) is 24.6. The lowest BCUT2D eigenvalue weighted by atomic mass is 9.77. The lowest BCUT2D eigenvalue weighted by Gasteiger charge is -2.27. The van der Waals surface area contributed by atoms with Gasteiger partial charge in [0, 0.05) is 15.6 Å². The Labute approximate surface area is 211 Å². The third kappa shape index (κ3) is 2.90. The van der Waals surface area contributed by atoms with E-state index in [4.69, 9.17) is 16.3 Å². The number of hydrogen-bond donors (Lipinski definition) is 0. The summed E-state index contributed by atoms with van der Waals surface area (Å²) in [7, 11) is 0. The van der Waals surface area contributed by atoms with Crippen LogP contribution in [0.1, 0.15) is 32.4 Å². The van der Waals surface area contributed by atoms with Crippen LogP contribution in [0.5, 0.6) is 0 Å². The Morgan fingerprint density at radius 1 is 0.886 bits per heavy atom. The van der Waals surface area contributed by atoms with Crippen LogP contribution in [0.3, 0.4) is 0 Å². The highest BCUT2D eigenvalue weighted by molar-refractivity contribution is 9.10. The number of anilines is 1. The standard InChI is InChI=1S/C26H14BrClFNO5/c27-13-7-5-12(6-8-13)21-19-20(25(34)30(24(19)33)14-9-10-18(29)17(28)11-14)26(35-21)22(31)15-3-1-2-4-16(15)23(26)32/h1-11,19-21H/t19-,20-,21+/m0/s1. The van der Waals surface area contributed by atoms with Crippen LogP contribution >= 0.6 is 27.5 Å². The fraction of sp³-hybridized carbons (Fsp3) is 0.154. The molecule has 0 bridgehead atoms. The first-order chi connectivity index (χ1) is 16.8. The van der Waals surface area contributed by atoms with Crippen LogP contribution in [-0.4, -0.2) is 29.0 Å². The van der Waals surface area contributed by atoms with Crippen molar-refractivity contribution in [2.24, 2.45) is 11.8 Å². The molecule has 2 fully saturated rings. The highest BCUT2D eigenvalue weighted by atomic mass is 79.9. The number of amides is 2. The lowest BCUT2D eigenvalue weighted by molar-refractivity contribution is -0.127. The van der Waals surface area contributed by atoms with Crippen molar-refractivity contribution in [1.82, 2.24) is 0 Å². The third-order valence-electron chi connectivity index (χ3n) is 6.88. The molecule has 3 aromatic carbocycles. The van der Waals surface area contributed by atoms with Gasteiger partial charge in [-0.05, 0) is 35.9 Å². The van der Waals surface area contributed by atoms with Crippen LogP contribution < -0.4 is 4.90 Å². The molecule has 3 aromatic rings. The largest absolute Gasteiger partial charge is 0.349 e. The van der Waals surface area contributed by atoms with E-state index in [0.29, 0.717) is 5.56 Å². The van der Waals surface area contributed by atoms with Crippen molar-refractivity contribution >= 4 is 56.6 Å². The summed E-state index contributed by atoms with van der Waals surface area (Å²) in [6, 6.07) is 16.6. The molecule has 2 saturated heterocycles. The van der Waals surface area contributed by atoms with Crippen molar-refractivity contribution in [3.05, 3.63) is 98.7 Å². The zero-order valence-electron chi connectivity index (χ0n) is 17.7. The van der Waals surface area contributed by atoms with Gasteiger partial charge in [-0.15, -0.1) is 0 Å². The number of halogens is 3. The van der Waals surface area contributed by atoms with E-state index >= 15 is 0 Å². The first-order valence-electron chi connectivity index (χ1n) is 10.7. The summed E-state index contributed by atoms with van der Waals surface area (Å²) in [5, 5.41) is -0.268. The number of carbonyl (C=O) groups is 4. The maximum Gasteiger partial charge on any atom is 0.241 e.